The first kappa shape index (κ1) is 12.9. The molecule has 0 radical (unpaired) electrons. The zero-order chi connectivity index (χ0) is 13.5. The number of rotatable bonds is 2. The van der Waals surface area contributed by atoms with Crippen LogP contribution in [-0.4, -0.2) is 29.7 Å². The van der Waals surface area contributed by atoms with Gasteiger partial charge < -0.3 is 10.5 Å². The van der Waals surface area contributed by atoms with E-state index in [-0.39, 0.29) is 5.60 Å². The van der Waals surface area contributed by atoms with E-state index in [0.29, 0.717) is 6.10 Å². The van der Waals surface area contributed by atoms with Gasteiger partial charge in [-0.2, -0.15) is 0 Å². The van der Waals surface area contributed by atoms with Crippen molar-refractivity contribution in [3.63, 3.8) is 0 Å². The third-order valence-electron chi connectivity index (χ3n) is 4.40. The molecular formula is C16H24N2O. The summed E-state index contributed by atoms with van der Waals surface area (Å²) in [6, 6.07) is 6.28. The number of hydrogen-bond donors (Lipinski definition) is 1. The minimum Gasteiger partial charge on any atom is -0.398 e. The molecule has 3 heteroatoms. The highest BCUT2D eigenvalue weighted by molar-refractivity contribution is 5.51. The lowest BCUT2D eigenvalue weighted by atomic mass is 9.98. The summed E-state index contributed by atoms with van der Waals surface area (Å²) in [5.41, 5.74) is 9.85. The number of ether oxygens (including phenoxy) is 1. The van der Waals surface area contributed by atoms with E-state index in [0.717, 1.165) is 31.7 Å². The van der Waals surface area contributed by atoms with Gasteiger partial charge in [0.25, 0.3) is 0 Å². The van der Waals surface area contributed by atoms with Crippen molar-refractivity contribution < 1.29 is 4.74 Å². The lowest BCUT2D eigenvalue weighted by Gasteiger charge is -2.32. The van der Waals surface area contributed by atoms with Crippen LogP contribution < -0.4 is 5.73 Å². The molecule has 1 fully saturated rings. The van der Waals surface area contributed by atoms with Crippen LogP contribution >= 0.6 is 0 Å². The Hall–Kier alpha value is -1.06. The summed E-state index contributed by atoms with van der Waals surface area (Å²) < 4.78 is 6.10. The summed E-state index contributed by atoms with van der Waals surface area (Å²) in [7, 11) is 0. The van der Waals surface area contributed by atoms with E-state index in [2.05, 4.69) is 30.9 Å². The molecule has 1 atom stereocenters. The highest BCUT2D eigenvalue weighted by Gasteiger charge is 2.33. The molecule has 0 amide bonds. The number of fused-ring (bicyclic) bond motifs is 1. The van der Waals surface area contributed by atoms with E-state index < -0.39 is 0 Å². The average Bonchev–Trinajstić information content (AvgIpc) is 2.70. The largest absolute Gasteiger partial charge is 0.398 e. The van der Waals surface area contributed by atoms with Crippen LogP contribution in [0.15, 0.2) is 18.2 Å². The van der Waals surface area contributed by atoms with E-state index in [9.17, 15) is 0 Å². The highest BCUT2D eigenvalue weighted by atomic mass is 16.5. The molecule has 3 rings (SSSR count). The zero-order valence-corrected chi connectivity index (χ0v) is 12.0. The Labute approximate surface area is 115 Å². The first-order valence-electron chi connectivity index (χ1n) is 7.30. The number of benzene rings is 1. The van der Waals surface area contributed by atoms with E-state index in [1.54, 1.807) is 0 Å². The van der Waals surface area contributed by atoms with Crippen molar-refractivity contribution in [2.45, 2.75) is 51.4 Å². The maximum Gasteiger partial charge on any atom is 0.0710 e. The summed E-state index contributed by atoms with van der Waals surface area (Å²) in [5.74, 6) is 0. The molecule has 3 nitrogen and oxygen atoms in total. The van der Waals surface area contributed by atoms with Crippen LogP contribution in [0.4, 0.5) is 5.69 Å². The van der Waals surface area contributed by atoms with Crippen LogP contribution in [0.25, 0.3) is 0 Å². The zero-order valence-electron chi connectivity index (χ0n) is 12.0. The third-order valence-corrected chi connectivity index (χ3v) is 4.40. The standard InChI is InChI=1S/C16H24N2O/c1-16(2)8-6-13(19-16)10-18-9-7-12-4-3-5-15(17)14(12)11-18/h3-5,13H,6-11,17H2,1-2H3. The van der Waals surface area contributed by atoms with Gasteiger partial charge in [0.05, 0.1) is 11.7 Å². The van der Waals surface area contributed by atoms with Gasteiger partial charge in [0, 0.05) is 25.3 Å². The van der Waals surface area contributed by atoms with Gasteiger partial charge in [-0.05, 0) is 50.3 Å². The van der Waals surface area contributed by atoms with Crippen molar-refractivity contribution in [2.24, 2.45) is 0 Å². The molecule has 2 aliphatic heterocycles. The molecule has 1 saturated heterocycles. The average molecular weight is 260 g/mol. The summed E-state index contributed by atoms with van der Waals surface area (Å²) >= 11 is 0. The lowest BCUT2D eigenvalue weighted by Crippen LogP contribution is -2.37. The molecule has 1 aromatic carbocycles. The molecule has 19 heavy (non-hydrogen) atoms. The Morgan fingerprint density at radius 2 is 2.26 bits per heavy atom. The molecule has 0 spiro atoms. The molecule has 2 aliphatic rings. The Morgan fingerprint density at radius 1 is 1.42 bits per heavy atom. The van der Waals surface area contributed by atoms with Crippen LogP contribution in [0.1, 0.15) is 37.8 Å². The minimum absolute atomic E-state index is 0.0669. The Balaban J connectivity index is 1.65. The molecular weight excluding hydrogens is 236 g/mol. The summed E-state index contributed by atoms with van der Waals surface area (Å²) in [5, 5.41) is 0. The highest BCUT2D eigenvalue weighted by Crippen LogP contribution is 2.31. The number of anilines is 1. The molecule has 1 unspecified atom stereocenters. The van der Waals surface area contributed by atoms with Crippen molar-refractivity contribution in [1.82, 2.24) is 4.90 Å². The Kier molecular flexibility index (Phi) is 3.27. The van der Waals surface area contributed by atoms with Gasteiger partial charge in [0.2, 0.25) is 0 Å². The fraction of sp³-hybridized carbons (Fsp3) is 0.625. The summed E-state index contributed by atoms with van der Waals surface area (Å²) in [4.78, 5) is 2.49. The maximum atomic E-state index is 6.10. The van der Waals surface area contributed by atoms with E-state index in [1.807, 2.05) is 6.07 Å². The SMILES string of the molecule is CC1(C)CCC(CN2CCc3cccc(N)c3C2)O1. The Bertz CT molecular complexity index is 470. The van der Waals surface area contributed by atoms with Crippen molar-refractivity contribution in [3.8, 4) is 0 Å². The summed E-state index contributed by atoms with van der Waals surface area (Å²) in [6.07, 6.45) is 3.85. The maximum absolute atomic E-state index is 6.10. The molecule has 0 bridgehead atoms. The molecule has 0 aromatic heterocycles. The van der Waals surface area contributed by atoms with Crippen LogP contribution in [0.2, 0.25) is 0 Å². The van der Waals surface area contributed by atoms with Gasteiger partial charge in [-0.1, -0.05) is 12.1 Å². The first-order chi connectivity index (χ1) is 9.03. The fourth-order valence-electron chi connectivity index (χ4n) is 3.31. The van der Waals surface area contributed by atoms with Crippen molar-refractivity contribution in [1.29, 1.82) is 0 Å². The molecule has 2 N–H and O–H groups in total. The van der Waals surface area contributed by atoms with Gasteiger partial charge in [-0.3, -0.25) is 4.90 Å². The molecule has 1 aromatic rings. The normalized spacial score (nSPS) is 26.3. The summed E-state index contributed by atoms with van der Waals surface area (Å²) in [6.45, 7) is 7.52. The Morgan fingerprint density at radius 3 is 3.00 bits per heavy atom. The molecule has 0 aliphatic carbocycles. The predicted octanol–water partition coefficient (Wildman–Crippen LogP) is 2.58. The minimum atomic E-state index is 0.0669. The quantitative estimate of drug-likeness (QED) is 0.831. The van der Waals surface area contributed by atoms with Gasteiger partial charge in [0.15, 0.2) is 0 Å². The van der Waals surface area contributed by atoms with E-state index >= 15 is 0 Å². The number of nitrogens with two attached hydrogens (primary N) is 1. The van der Waals surface area contributed by atoms with Gasteiger partial charge in [-0.25, -0.2) is 0 Å². The lowest BCUT2D eigenvalue weighted by molar-refractivity contribution is -0.0301. The fourth-order valence-corrected chi connectivity index (χ4v) is 3.31. The predicted molar refractivity (Wildman–Crippen MR) is 78.0 cm³/mol. The van der Waals surface area contributed by atoms with Crippen LogP contribution in [0, 0.1) is 0 Å². The topological polar surface area (TPSA) is 38.5 Å². The number of nitrogens with zero attached hydrogens (tertiary/aromatic N) is 1. The monoisotopic (exact) mass is 260 g/mol. The van der Waals surface area contributed by atoms with Gasteiger partial charge >= 0.3 is 0 Å². The molecule has 2 heterocycles. The second-order valence-electron chi connectivity index (χ2n) is 6.51. The van der Waals surface area contributed by atoms with E-state index in [1.165, 1.54) is 24.0 Å². The number of hydrogen-bond acceptors (Lipinski definition) is 3. The van der Waals surface area contributed by atoms with Gasteiger partial charge in [0.1, 0.15) is 0 Å². The molecule has 104 valence electrons. The van der Waals surface area contributed by atoms with E-state index in [4.69, 9.17) is 10.5 Å². The van der Waals surface area contributed by atoms with Gasteiger partial charge in [-0.15, -0.1) is 0 Å². The molecule has 0 saturated carbocycles. The van der Waals surface area contributed by atoms with Crippen molar-refractivity contribution in [2.75, 3.05) is 18.8 Å². The van der Waals surface area contributed by atoms with Crippen LogP contribution in [-0.2, 0) is 17.7 Å². The third kappa shape index (κ3) is 2.77. The second kappa shape index (κ2) is 4.80. The smallest absolute Gasteiger partial charge is 0.0710 e. The van der Waals surface area contributed by atoms with Crippen LogP contribution in [0.3, 0.4) is 0 Å². The van der Waals surface area contributed by atoms with Crippen LogP contribution in [0.5, 0.6) is 0 Å². The van der Waals surface area contributed by atoms with Crippen molar-refractivity contribution >= 4 is 5.69 Å². The number of nitrogen functional groups attached to an aromatic ring is 1. The first-order valence-corrected chi connectivity index (χ1v) is 7.30. The second-order valence-corrected chi connectivity index (χ2v) is 6.51. The van der Waals surface area contributed by atoms with Crippen molar-refractivity contribution in [3.05, 3.63) is 29.3 Å².